The summed E-state index contributed by atoms with van der Waals surface area (Å²) in [6, 6.07) is -0.766. The van der Waals surface area contributed by atoms with Crippen molar-refractivity contribution < 1.29 is 47.9 Å². The number of amides is 8. The van der Waals surface area contributed by atoms with Gasteiger partial charge in [-0.25, -0.2) is 4.79 Å². The van der Waals surface area contributed by atoms with Crippen LogP contribution in [0.15, 0.2) is 30.3 Å². The fraction of sp³-hybridized carbons (Fsp3) is 0.727. The van der Waals surface area contributed by atoms with E-state index in [1.807, 2.05) is 96.1 Å². The number of nitrogens with two attached hydrogens (primary N) is 1. The second-order valence-electron chi connectivity index (χ2n) is 22.3. The number of rotatable bonds is 34. The fourth-order valence-corrected chi connectivity index (χ4v) is 8.51. The van der Waals surface area contributed by atoms with Gasteiger partial charge < -0.3 is 53.0 Å². The van der Waals surface area contributed by atoms with Crippen LogP contribution in [0.4, 0.5) is 0 Å². The van der Waals surface area contributed by atoms with Gasteiger partial charge in [-0.3, -0.25) is 38.4 Å². The third kappa shape index (κ3) is 25.0. The van der Waals surface area contributed by atoms with E-state index < -0.39 is 114 Å². The molecule has 0 radical (unpaired) electrons. The highest BCUT2D eigenvalue weighted by molar-refractivity contribution is 7.80. The summed E-state index contributed by atoms with van der Waals surface area (Å²) in [5.41, 5.74) is 6.93. The lowest BCUT2D eigenvalue weighted by molar-refractivity contribution is -0.146. The summed E-state index contributed by atoms with van der Waals surface area (Å²) < 4.78 is 4.96. The molecule has 0 unspecified atom stereocenters. The van der Waals surface area contributed by atoms with Crippen molar-refractivity contribution in [1.29, 1.82) is 0 Å². The highest BCUT2D eigenvalue weighted by Crippen LogP contribution is 2.16. The smallest absolute Gasteiger partial charge is 0.328 e. The zero-order valence-electron chi connectivity index (χ0n) is 47.6. The highest BCUT2D eigenvalue weighted by atomic mass is 32.1. The van der Waals surface area contributed by atoms with Crippen LogP contribution in [0, 0.1) is 41.4 Å². The van der Waals surface area contributed by atoms with Gasteiger partial charge in [-0.1, -0.05) is 140 Å². The molecule has 8 amide bonds. The van der Waals surface area contributed by atoms with Gasteiger partial charge in [-0.05, 0) is 79.1 Å². The highest BCUT2D eigenvalue weighted by Gasteiger charge is 2.37. The first-order valence-corrected chi connectivity index (χ1v) is 27.6. The van der Waals surface area contributed by atoms with Crippen molar-refractivity contribution in [2.75, 3.05) is 12.9 Å². The van der Waals surface area contributed by atoms with Crippen molar-refractivity contribution in [3.63, 3.8) is 0 Å². The van der Waals surface area contributed by atoms with Gasteiger partial charge in [-0.15, -0.1) is 0 Å². The molecule has 10 N–H and O–H groups in total. The van der Waals surface area contributed by atoms with E-state index >= 15 is 0 Å². The number of thiol groups is 1. The summed E-state index contributed by atoms with van der Waals surface area (Å²) in [6.07, 6.45) is 2.29. The van der Waals surface area contributed by atoms with Gasteiger partial charge in [0.1, 0.15) is 48.3 Å². The van der Waals surface area contributed by atoms with Crippen molar-refractivity contribution in [2.24, 2.45) is 47.2 Å². The van der Waals surface area contributed by atoms with E-state index in [1.54, 1.807) is 31.2 Å². The maximum absolute atomic E-state index is 14.3. The van der Waals surface area contributed by atoms with Crippen LogP contribution in [-0.2, 0) is 54.3 Å². The van der Waals surface area contributed by atoms with E-state index in [2.05, 4.69) is 55.2 Å². The SMILES string of the molecule is CC[C@H](C)[C@H](N)C(=O)N[C@@H](CC(C)C)C(=O)N[C@@H](CC(C)C)C(=O)N[C@@H](CC(C)C)C(=O)N[C@@H](CS)C(=O)N[C@@H](CC(C)C)C(=O)N[C@H](C(=O)N[C@@H](Cc1ccccc1)C(=O)N[C@@H](CC(C)C)C(=O)OC)[C@@H](C)CC. The molecule has 19 nitrogen and oxygen atoms in total. The number of benzene rings is 1. The Bertz CT molecular complexity index is 1990. The van der Waals surface area contributed by atoms with E-state index in [-0.39, 0.29) is 73.4 Å². The van der Waals surface area contributed by atoms with Crippen molar-refractivity contribution in [1.82, 2.24) is 42.5 Å². The van der Waals surface area contributed by atoms with Crippen LogP contribution in [0.3, 0.4) is 0 Å². The third-order valence-corrected chi connectivity index (χ3v) is 13.3. The maximum atomic E-state index is 14.3. The van der Waals surface area contributed by atoms with Crippen LogP contribution in [0.1, 0.15) is 147 Å². The Morgan fingerprint density at radius 1 is 0.440 bits per heavy atom. The number of hydrogen-bond donors (Lipinski definition) is 10. The largest absolute Gasteiger partial charge is 0.467 e. The first kappa shape index (κ1) is 67.8. The zero-order chi connectivity index (χ0) is 57.3. The molecule has 1 aromatic carbocycles. The molecule has 20 heteroatoms. The van der Waals surface area contributed by atoms with Gasteiger partial charge in [0, 0.05) is 12.2 Å². The lowest BCUT2D eigenvalue weighted by Gasteiger charge is -2.30. The second-order valence-corrected chi connectivity index (χ2v) is 22.6. The molecular weight excluding hydrogens is 979 g/mol. The third-order valence-electron chi connectivity index (χ3n) is 13.0. The Balaban J connectivity index is 3.43. The van der Waals surface area contributed by atoms with Crippen LogP contribution in [0.5, 0.6) is 0 Å². The van der Waals surface area contributed by atoms with E-state index in [0.29, 0.717) is 19.3 Å². The Kier molecular flexibility index (Phi) is 31.1. The molecule has 0 spiro atoms. The predicted molar refractivity (Wildman–Crippen MR) is 296 cm³/mol. The summed E-state index contributed by atoms with van der Waals surface area (Å²) in [7, 11) is 1.23. The van der Waals surface area contributed by atoms with Crippen molar-refractivity contribution in [3.05, 3.63) is 35.9 Å². The topological polar surface area (TPSA) is 285 Å². The molecule has 0 fully saturated rings. The summed E-state index contributed by atoms with van der Waals surface area (Å²) in [5, 5.41) is 22.3. The van der Waals surface area contributed by atoms with E-state index in [0.717, 1.165) is 5.56 Å². The molecule has 0 bridgehead atoms. The molecule has 0 aromatic heterocycles. The van der Waals surface area contributed by atoms with Gasteiger partial charge in [0.25, 0.3) is 0 Å². The molecule has 426 valence electrons. The number of hydrogen-bond acceptors (Lipinski definition) is 12. The summed E-state index contributed by atoms with van der Waals surface area (Å²) >= 11 is 4.38. The molecule has 0 aliphatic heterocycles. The Morgan fingerprint density at radius 2 is 0.760 bits per heavy atom. The van der Waals surface area contributed by atoms with E-state index in [1.165, 1.54) is 7.11 Å². The lowest BCUT2D eigenvalue weighted by Crippen LogP contribution is -2.61. The van der Waals surface area contributed by atoms with Crippen molar-refractivity contribution in [2.45, 2.75) is 203 Å². The minimum Gasteiger partial charge on any atom is -0.467 e. The average molecular weight is 1070 g/mol. The molecule has 0 saturated heterocycles. The molecule has 0 aliphatic rings. The van der Waals surface area contributed by atoms with Crippen molar-refractivity contribution >= 4 is 65.9 Å². The van der Waals surface area contributed by atoms with Crippen LogP contribution in [0.25, 0.3) is 0 Å². The molecule has 0 saturated carbocycles. The molecule has 0 heterocycles. The van der Waals surface area contributed by atoms with Gasteiger partial charge in [0.15, 0.2) is 0 Å². The molecular formula is C55H95N9O10S. The van der Waals surface area contributed by atoms with E-state index in [9.17, 15) is 43.2 Å². The molecule has 0 aliphatic carbocycles. The normalized spacial score (nSPS) is 16.0. The second kappa shape index (κ2) is 34.4. The van der Waals surface area contributed by atoms with Crippen LogP contribution in [-0.4, -0.2) is 120 Å². The fourth-order valence-electron chi connectivity index (χ4n) is 8.25. The molecule has 1 aromatic rings. The lowest BCUT2D eigenvalue weighted by atomic mass is 9.95. The number of esters is 1. The first-order valence-electron chi connectivity index (χ1n) is 27.0. The van der Waals surface area contributed by atoms with Gasteiger partial charge in [-0.2, -0.15) is 12.6 Å². The number of carbonyl (C=O) groups excluding carboxylic acids is 9. The number of ether oxygens (including phenoxy) is 1. The number of nitrogens with one attached hydrogen (secondary N) is 8. The minimum absolute atomic E-state index is 0.00675. The van der Waals surface area contributed by atoms with Gasteiger partial charge in [0.05, 0.1) is 13.2 Å². The Hall–Kier alpha value is -5.24. The summed E-state index contributed by atoms with van der Waals surface area (Å²) in [4.78, 5) is 124. The summed E-state index contributed by atoms with van der Waals surface area (Å²) in [5.74, 6) is -6.70. The van der Waals surface area contributed by atoms with Gasteiger partial charge >= 0.3 is 5.97 Å². The Morgan fingerprint density at radius 3 is 1.13 bits per heavy atom. The minimum atomic E-state index is -1.28. The van der Waals surface area contributed by atoms with Crippen LogP contribution >= 0.6 is 12.6 Å². The van der Waals surface area contributed by atoms with Crippen LogP contribution in [0.2, 0.25) is 0 Å². The molecule has 1 rings (SSSR count). The predicted octanol–water partition coefficient (Wildman–Crippen LogP) is 3.86. The quantitative estimate of drug-likeness (QED) is 0.0350. The monoisotopic (exact) mass is 1070 g/mol. The number of methoxy groups -OCH3 is 1. The zero-order valence-corrected chi connectivity index (χ0v) is 48.5. The van der Waals surface area contributed by atoms with Crippen molar-refractivity contribution in [3.8, 4) is 0 Å². The average Bonchev–Trinajstić information content (AvgIpc) is 3.34. The Labute approximate surface area is 453 Å². The standard InChI is InChI=1S/C55H95N9O10S/c1-16-35(13)45(56)53(71)60-40(25-32(7)8)48(66)57-38(23-30(3)4)47(65)58-39(24-31(5)6)49(67)63-44(29-75)52(70)59-41(26-33(9)10)51(69)64-46(36(14)17-2)54(72)61-42(28-37-21-19-18-20-22-37)50(68)62-43(27-34(11)12)55(73)74-15/h18-22,30-36,38-46,75H,16-17,23-29,56H2,1-15H3,(H,57,66)(H,58,65)(H,59,70)(H,60,71)(H,61,72)(H,62,68)(H,63,67)(H,64,69)/t35-,36-,38-,39-,40-,41-,42-,43-,44-,45-,46-/m0/s1. The van der Waals surface area contributed by atoms with Crippen LogP contribution < -0.4 is 48.3 Å². The first-order chi connectivity index (χ1) is 35.1. The van der Waals surface area contributed by atoms with E-state index in [4.69, 9.17) is 10.5 Å². The summed E-state index contributed by atoms with van der Waals surface area (Å²) in [6.45, 7) is 26.2. The molecule has 75 heavy (non-hydrogen) atoms. The maximum Gasteiger partial charge on any atom is 0.328 e. The number of carbonyl (C=O) groups is 9. The van der Waals surface area contributed by atoms with Gasteiger partial charge in [0.2, 0.25) is 47.3 Å². The molecule has 11 atom stereocenters.